The molecule has 2 N–H and O–H groups in total. The van der Waals surface area contributed by atoms with E-state index in [0.29, 0.717) is 6.04 Å². The summed E-state index contributed by atoms with van der Waals surface area (Å²) in [6, 6.07) is 16.2. The zero-order valence-corrected chi connectivity index (χ0v) is 14.6. The van der Waals surface area contributed by atoms with E-state index in [-0.39, 0.29) is 5.54 Å². The predicted octanol–water partition coefficient (Wildman–Crippen LogP) is 4.09. The summed E-state index contributed by atoms with van der Waals surface area (Å²) in [5.74, 6) is 0. The van der Waals surface area contributed by atoms with Crippen LogP contribution in [0, 0.1) is 6.92 Å². The van der Waals surface area contributed by atoms with E-state index in [1.54, 1.807) is 0 Å². The minimum absolute atomic E-state index is 0.229. The Labute approximate surface area is 148 Å². The van der Waals surface area contributed by atoms with Crippen LogP contribution < -0.4 is 5.32 Å². The summed E-state index contributed by atoms with van der Waals surface area (Å²) in [5.41, 5.74) is 5.30. The van der Waals surface area contributed by atoms with Crippen LogP contribution in [0.1, 0.15) is 30.4 Å². The van der Waals surface area contributed by atoms with Crippen LogP contribution in [0.15, 0.2) is 48.7 Å². The maximum Gasteiger partial charge on any atom is 0.0651 e. The Bertz CT molecular complexity index is 898. The first-order chi connectivity index (χ1) is 12.2. The number of nitrogens with zero attached hydrogens (tertiary/aromatic N) is 2. The molecule has 2 fully saturated rings. The molecule has 1 aliphatic heterocycles. The first-order valence-electron chi connectivity index (χ1n) is 9.20. The Morgan fingerprint density at radius 2 is 2.12 bits per heavy atom. The highest BCUT2D eigenvalue weighted by molar-refractivity contribution is 5.81. The van der Waals surface area contributed by atoms with Gasteiger partial charge in [0.05, 0.1) is 17.3 Å². The maximum atomic E-state index is 4.12. The van der Waals surface area contributed by atoms with Crippen LogP contribution in [0.5, 0.6) is 0 Å². The summed E-state index contributed by atoms with van der Waals surface area (Å²) in [5, 5.41) is 12.2. The van der Waals surface area contributed by atoms with Gasteiger partial charge < -0.3 is 5.32 Å². The molecule has 2 atom stereocenters. The van der Waals surface area contributed by atoms with Gasteiger partial charge in [0.1, 0.15) is 0 Å². The summed E-state index contributed by atoms with van der Waals surface area (Å²) >= 11 is 0. The molecule has 2 heterocycles. The normalized spacial score (nSPS) is 25.7. The number of anilines is 1. The molecule has 0 spiro atoms. The Kier molecular flexibility index (Phi) is 3.35. The van der Waals surface area contributed by atoms with Gasteiger partial charge in [0.2, 0.25) is 0 Å². The van der Waals surface area contributed by atoms with Crippen LogP contribution in [0.3, 0.4) is 0 Å². The molecule has 5 rings (SSSR count). The molecule has 2 aromatic carbocycles. The molecule has 128 valence electrons. The van der Waals surface area contributed by atoms with Crippen molar-refractivity contribution in [2.75, 3.05) is 11.9 Å². The average Bonchev–Trinajstić information content (AvgIpc) is 3.30. The number of hydrogen-bond donors (Lipinski definition) is 2. The molecule has 1 aliphatic carbocycles. The van der Waals surface area contributed by atoms with E-state index >= 15 is 0 Å². The Morgan fingerprint density at radius 3 is 3.00 bits per heavy atom. The van der Waals surface area contributed by atoms with Crippen LogP contribution in [-0.4, -0.2) is 33.2 Å². The van der Waals surface area contributed by atoms with Crippen molar-refractivity contribution in [3.8, 4) is 0 Å². The van der Waals surface area contributed by atoms with Gasteiger partial charge in [-0.3, -0.25) is 10.00 Å². The number of aromatic nitrogens is 2. The minimum Gasteiger partial charge on any atom is -0.378 e. The van der Waals surface area contributed by atoms with Gasteiger partial charge in [-0.05, 0) is 49.9 Å². The summed E-state index contributed by atoms with van der Waals surface area (Å²) < 4.78 is 0. The third-order valence-electron chi connectivity index (χ3n) is 5.96. The fourth-order valence-corrected chi connectivity index (χ4v) is 4.66. The van der Waals surface area contributed by atoms with Gasteiger partial charge in [0.25, 0.3) is 0 Å². The zero-order valence-electron chi connectivity index (χ0n) is 14.6. The fraction of sp³-hybridized carbons (Fsp3) is 0.381. The van der Waals surface area contributed by atoms with Crippen molar-refractivity contribution in [2.24, 2.45) is 0 Å². The third-order valence-corrected chi connectivity index (χ3v) is 5.96. The van der Waals surface area contributed by atoms with E-state index in [4.69, 9.17) is 0 Å². The van der Waals surface area contributed by atoms with E-state index in [2.05, 4.69) is 69.8 Å². The Morgan fingerprint density at radius 1 is 1.24 bits per heavy atom. The van der Waals surface area contributed by atoms with E-state index in [1.807, 2.05) is 6.20 Å². The molecule has 2 bridgehead atoms. The molecule has 4 heteroatoms. The molecule has 1 aromatic heterocycles. The fourth-order valence-electron chi connectivity index (χ4n) is 4.66. The number of likely N-dealkylation sites (tertiary alicyclic amines) is 1. The second-order valence-corrected chi connectivity index (χ2v) is 7.86. The van der Waals surface area contributed by atoms with Gasteiger partial charge in [-0.15, -0.1) is 0 Å². The van der Waals surface area contributed by atoms with Crippen molar-refractivity contribution in [1.29, 1.82) is 0 Å². The quantitative estimate of drug-likeness (QED) is 0.756. The van der Waals surface area contributed by atoms with E-state index in [9.17, 15) is 0 Å². The maximum absolute atomic E-state index is 4.12. The monoisotopic (exact) mass is 332 g/mol. The molecule has 4 nitrogen and oxygen atoms in total. The Hall–Kier alpha value is -2.33. The first-order valence-corrected chi connectivity index (χ1v) is 9.20. The molecule has 0 radical (unpaired) electrons. The number of aromatic amines is 1. The van der Waals surface area contributed by atoms with Crippen molar-refractivity contribution in [3.63, 3.8) is 0 Å². The molecular formula is C21H24N4. The van der Waals surface area contributed by atoms with Crippen molar-refractivity contribution in [2.45, 2.75) is 44.3 Å². The van der Waals surface area contributed by atoms with Gasteiger partial charge in [0.15, 0.2) is 0 Å². The number of hydrogen-bond acceptors (Lipinski definition) is 3. The zero-order chi connectivity index (χ0) is 16.9. The van der Waals surface area contributed by atoms with Crippen LogP contribution in [-0.2, 0) is 6.54 Å². The molecule has 3 aromatic rings. The number of aryl methyl sites for hydroxylation is 1. The minimum atomic E-state index is 0.229. The van der Waals surface area contributed by atoms with Gasteiger partial charge in [-0.2, -0.15) is 5.10 Å². The SMILES string of the molecule is Cc1ccc(CN2CC3(Nc4ccc5[nH]ncc5c4)CCC2C3)cc1. The largest absolute Gasteiger partial charge is 0.378 e. The number of H-pyrrole nitrogens is 1. The molecule has 2 aliphatic rings. The van der Waals surface area contributed by atoms with Gasteiger partial charge in [-0.1, -0.05) is 29.8 Å². The van der Waals surface area contributed by atoms with Crippen molar-refractivity contribution >= 4 is 16.6 Å². The highest BCUT2D eigenvalue weighted by Crippen LogP contribution is 2.43. The molecule has 1 saturated carbocycles. The van der Waals surface area contributed by atoms with Gasteiger partial charge >= 0.3 is 0 Å². The second kappa shape index (κ2) is 5.60. The second-order valence-electron chi connectivity index (χ2n) is 7.86. The van der Waals surface area contributed by atoms with E-state index < -0.39 is 0 Å². The number of piperidine rings is 1. The number of rotatable bonds is 4. The third kappa shape index (κ3) is 2.71. The first kappa shape index (κ1) is 15.0. The molecular weight excluding hydrogens is 308 g/mol. The molecule has 2 unspecified atom stereocenters. The van der Waals surface area contributed by atoms with Crippen LogP contribution >= 0.6 is 0 Å². The average molecular weight is 332 g/mol. The van der Waals surface area contributed by atoms with Crippen LogP contribution in [0.25, 0.3) is 10.9 Å². The van der Waals surface area contributed by atoms with E-state index in [0.717, 1.165) is 18.6 Å². The number of fused-ring (bicyclic) bond motifs is 3. The van der Waals surface area contributed by atoms with Crippen LogP contribution in [0.4, 0.5) is 5.69 Å². The summed E-state index contributed by atoms with van der Waals surface area (Å²) in [4.78, 5) is 2.66. The summed E-state index contributed by atoms with van der Waals surface area (Å²) in [6.07, 6.45) is 5.72. The highest BCUT2D eigenvalue weighted by atomic mass is 15.3. The lowest BCUT2D eigenvalue weighted by atomic mass is 9.98. The summed E-state index contributed by atoms with van der Waals surface area (Å²) in [6.45, 7) is 4.35. The lowest BCUT2D eigenvalue weighted by Crippen LogP contribution is -2.43. The van der Waals surface area contributed by atoms with Crippen molar-refractivity contribution < 1.29 is 0 Å². The summed E-state index contributed by atoms with van der Waals surface area (Å²) in [7, 11) is 0. The smallest absolute Gasteiger partial charge is 0.0651 e. The standard InChI is InChI=1S/C21H24N4/c1-15-2-4-16(5-3-15)13-25-14-21(9-8-19(25)11-21)23-18-6-7-20-17(10-18)12-22-24-20/h2-7,10,12,19,23H,8-9,11,13-14H2,1H3,(H,22,24). The molecule has 0 amide bonds. The topological polar surface area (TPSA) is 44.0 Å². The van der Waals surface area contributed by atoms with E-state index in [1.165, 1.54) is 41.5 Å². The molecule has 1 saturated heterocycles. The lowest BCUT2D eigenvalue weighted by Gasteiger charge is -2.34. The Balaban J connectivity index is 1.33. The van der Waals surface area contributed by atoms with Crippen molar-refractivity contribution in [3.05, 3.63) is 59.8 Å². The molecule has 25 heavy (non-hydrogen) atoms. The van der Waals surface area contributed by atoms with Gasteiger partial charge in [-0.25, -0.2) is 0 Å². The highest BCUT2D eigenvalue weighted by Gasteiger charge is 2.49. The van der Waals surface area contributed by atoms with Gasteiger partial charge in [0, 0.05) is 30.2 Å². The lowest BCUT2D eigenvalue weighted by molar-refractivity contribution is 0.200. The van der Waals surface area contributed by atoms with Crippen molar-refractivity contribution in [1.82, 2.24) is 15.1 Å². The van der Waals surface area contributed by atoms with Crippen LogP contribution in [0.2, 0.25) is 0 Å². The predicted molar refractivity (Wildman–Crippen MR) is 102 cm³/mol. The number of nitrogens with one attached hydrogen (secondary N) is 2. The number of benzene rings is 2.